The van der Waals surface area contributed by atoms with Crippen molar-refractivity contribution in [3.05, 3.63) is 23.8 Å². The highest BCUT2D eigenvalue weighted by atomic mass is 32.1. The van der Waals surface area contributed by atoms with Gasteiger partial charge in [0.25, 0.3) is 0 Å². The summed E-state index contributed by atoms with van der Waals surface area (Å²) < 4.78 is 6.26. The summed E-state index contributed by atoms with van der Waals surface area (Å²) in [6.45, 7) is 6.76. The Bertz CT molecular complexity index is 593. The van der Waals surface area contributed by atoms with Gasteiger partial charge >= 0.3 is 5.97 Å². The Kier molecular flexibility index (Phi) is 4.95. The molecule has 5 heteroatoms. The second-order valence-electron chi connectivity index (χ2n) is 4.96. The van der Waals surface area contributed by atoms with E-state index in [9.17, 15) is 4.79 Å². The summed E-state index contributed by atoms with van der Waals surface area (Å²) >= 11 is 1.62. The highest BCUT2D eigenvalue weighted by Crippen LogP contribution is 2.27. The van der Waals surface area contributed by atoms with Gasteiger partial charge < -0.3 is 10.1 Å². The number of hydrogen-bond acceptors (Lipinski definition) is 5. The van der Waals surface area contributed by atoms with Gasteiger partial charge in [0.1, 0.15) is 0 Å². The van der Waals surface area contributed by atoms with Crippen LogP contribution < -0.4 is 5.32 Å². The van der Waals surface area contributed by atoms with Crippen LogP contribution in [-0.2, 0) is 16.0 Å². The van der Waals surface area contributed by atoms with Gasteiger partial charge in [0.05, 0.1) is 22.7 Å². The van der Waals surface area contributed by atoms with E-state index in [2.05, 4.69) is 17.2 Å². The third-order valence-electron chi connectivity index (χ3n) is 2.69. The van der Waals surface area contributed by atoms with Crippen LogP contribution in [0.4, 0.5) is 5.13 Å². The lowest BCUT2D eigenvalue weighted by Crippen LogP contribution is -2.13. The lowest BCUT2D eigenvalue weighted by atomic mass is 10.1. The van der Waals surface area contributed by atoms with Crippen molar-refractivity contribution < 1.29 is 9.53 Å². The van der Waals surface area contributed by atoms with E-state index >= 15 is 0 Å². The molecule has 2 rings (SSSR count). The van der Waals surface area contributed by atoms with Crippen molar-refractivity contribution in [2.75, 3.05) is 11.9 Å². The monoisotopic (exact) mass is 292 g/mol. The van der Waals surface area contributed by atoms with Gasteiger partial charge in [-0.05, 0) is 38.0 Å². The summed E-state index contributed by atoms with van der Waals surface area (Å²) in [6.07, 6.45) is 1.31. The maximum Gasteiger partial charge on any atom is 0.310 e. The minimum atomic E-state index is -0.187. The van der Waals surface area contributed by atoms with Crippen LogP contribution in [0, 0.1) is 0 Å². The van der Waals surface area contributed by atoms with Gasteiger partial charge in [-0.3, -0.25) is 4.79 Å². The van der Waals surface area contributed by atoms with Crippen molar-refractivity contribution in [3.8, 4) is 0 Å². The highest BCUT2D eigenvalue weighted by Gasteiger charge is 2.09. The fraction of sp³-hybridized carbons (Fsp3) is 0.467. The van der Waals surface area contributed by atoms with E-state index in [1.54, 1.807) is 11.3 Å². The number of carbonyl (C=O) groups excluding carboxylic acids is 1. The molecule has 0 amide bonds. The summed E-state index contributed by atoms with van der Waals surface area (Å²) in [4.78, 5) is 16.2. The zero-order valence-electron chi connectivity index (χ0n) is 12.1. The molecule has 0 saturated heterocycles. The molecule has 0 atom stereocenters. The summed E-state index contributed by atoms with van der Waals surface area (Å²) in [5.41, 5.74) is 1.93. The molecule has 1 N–H and O–H groups in total. The number of benzene rings is 1. The van der Waals surface area contributed by atoms with Gasteiger partial charge in [-0.1, -0.05) is 24.3 Å². The molecule has 1 heterocycles. The summed E-state index contributed by atoms with van der Waals surface area (Å²) in [7, 11) is 0. The fourth-order valence-electron chi connectivity index (χ4n) is 1.86. The molecule has 0 saturated carbocycles. The Morgan fingerprint density at radius 1 is 1.45 bits per heavy atom. The lowest BCUT2D eigenvalue weighted by Gasteiger charge is -2.07. The van der Waals surface area contributed by atoms with Crippen molar-refractivity contribution in [3.63, 3.8) is 0 Å². The normalized spacial score (nSPS) is 11.0. The van der Waals surface area contributed by atoms with E-state index < -0.39 is 0 Å². The third kappa shape index (κ3) is 3.93. The van der Waals surface area contributed by atoms with Crippen LogP contribution in [-0.4, -0.2) is 23.6 Å². The zero-order valence-corrected chi connectivity index (χ0v) is 12.9. The quantitative estimate of drug-likeness (QED) is 0.826. The van der Waals surface area contributed by atoms with Gasteiger partial charge in [-0.25, -0.2) is 4.98 Å². The molecule has 108 valence electrons. The van der Waals surface area contributed by atoms with Crippen molar-refractivity contribution in [2.45, 2.75) is 39.7 Å². The standard InChI is InChI=1S/C15H20N2O2S/c1-4-7-16-15-17-12-6-5-11(8-13(12)20-15)9-14(18)19-10(2)3/h5-6,8,10H,4,7,9H2,1-3H3,(H,16,17). The van der Waals surface area contributed by atoms with Crippen LogP contribution in [0.3, 0.4) is 0 Å². The predicted molar refractivity (Wildman–Crippen MR) is 83.3 cm³/mol. The first-order chi connectivity index (χ1) is 9.58. The molecule has 1 aromatic carbocycles. The molecular formula is C15H20N2O2S. The number of nitrogens with zero attached hydrogens (tertiary/aromatic N) is 1. The molecule has 0 radical (unpaired) electrons. The number of fused-ring (bicyclic) bond motifs is 1. The number of nitrogens with one attached hydrogen (secondary N) is 1. The van der Waals surface area contributed by atoms with Gasteiger partial charge in [0.2, 0.25) is 0 Å². The SMILES string of the molecule is CCCNc1nc2ccc(CC(=O)OC(C)C)cc2s1. The topological polar surface area (TPSA) is 51.2 Å². The average Bonchev–Trinajstić information content (AvgIpc) is 2.77. The van der Waals surface area contributed by atoms with Crippen LogP contribution in [0.1, 0.15) is 32.8 Å². The highest BCUT2D eigenvalue weighted by molar-refractivity contribution is 7.22. The maximum absolute atomic E-state index is 11.7. The predicted octanol–water partition coefficient (Wildman–Crippen LogP) is 3.61. The molecule has 20 heavy (non-hydrogen) atoms. The maximum atomic E-state index is 11.7. The van der Waals surface area contributed by atoms with Gasteiger partial charge in [0, 0.05) is 6.54 Å². The molecule has 0 aliphatic heterocycles. The van der Waals surface area contributed by atoms with Crippen LogP contribution in [0.2, 0.25) is 0 Å². The van der Waals surface area contributed by atoms with E-state index in [0.717, 1.165) is 33.9 Å². The minimum Gasteiger partial charge on any atom is -0.463 e. The molecule has 4 nitrogen and oxygen atoms in total. The van der Waals surface area contributed by atoms with E-state index in [1.165, 1.54) is 0 Å². The smallest absolute Gasteiger partial charge is 0.310 e. The second kappa shape index (κ2) is 6.70. The number of ether oxygens (including phenoxy) is 1. The third-order valence-corrected chi connectivity index (χ3v) is 3.67. The largest absolute Gasteiger partial charge is 0.463 e. The number of esters is 1. The number of carbonyl (C=O) groups is 1. The Morgan fingerprint density at radius 3 is 2.95 bits per heavy atom. The van der Waals surface area contributed by atoms with Gasteiger partial charge in [-0.2, -0.15) is 0 Å². The van der Waals surface area contributed by atoms with Crippen LogP contribution in [0.5, 0.6) is 0 Å². The molecule has 0 aliphatic carbocycles. The first-order valence-electron chi connectivity index (χ1n) is 6.91. The van der Waals surface area contributed by atoms with E-state index in [-0.39, 0.29) is 12.1 Å². The van der Waals surface area contributed by atoms with Crippen LogP contribution in [0.15, 0.2) is 18.2 Å². The molecular weight excluding hydrogens is 272 g/mol. The van der Waals surface area contributed by atoms with E-state index in [0.29, 0.717) is 6.42 Å². The van der Waals surface area contributed by atoms with Crippen molar-refractivity contribution in [1.29, 1.82) is 0 Å². The Labute approximate surface area is 123 Å². The summed E-state index contributed by atoms with van der Waals surface area (Å²) in [5.74, 6) is -0.187. The number of anilines is 1. The van der Waals surface area contributed by atoms with Crippen molar-refractivity contribution >= 4 is 32.7 Å². The molecule has 0 aliphatic rings. The van der Waals surface area contributed by atoms with Gasteiger partial charge in [-0.15, -0.1) is 0 Å². The fourth-order valence-corrected chi connectivity index (χ4v) is 2.81. The first kappa shape index (κ1) is 14.8. The average molecular weight is 292 g/mol. The summed E-state index contributed by atoms with van der Waals surface area (Å²) in [5, 5.41) is 4.22. The molecule has 2 aromatic rings. The van der Waals surface area contributed by atoms with Crippen LogP contribution in [0.25, 0.3) is 10.2 Å². The number of rotatable bonds is 6. The zero-order chi connectivity index (χ0) is 14.5. The Morgan fingerprint density at radius 2 is 2.25 bits per heavy atom. The molecule has 0 bridgehead atoms. The van der Waals surface area contributed by atoms with Crippen molar-refractivity contribution in [2.24, 2.45) is 0 Å². The molecule has 1 aromatic heterocycles. The van der Waals surface area contributed by atoms with E-state index in [1.807, 2.05) is 32.0 Å². The molecule has 0 unspecified atom stereocenters. The van der Waals surface area contributed by atoms with Gasteiger partial charge in [0.15, 0.2) is 5.13 Å². The summed E-state index contributed by atoms with van der Waals surface area (Å²) in [6, 6.07) is 5.92. The number of aromatic nitrogens is 1. The Hall–Kier alpha value is -1.62. The molecule has 0 spiro atoms. The van der Waals surface area contributed by atoms with Crippen molar-refractivity contribution in [1.82, 2.24) is 4.98 Å². The minimum absolute atomic E-state index is 0.0699. The number of hydrogen-bond donors (Lipinski definition) is 1. The lowest BCUT2D eigenvalue weighted by molar-refractivity contribution is -0.146. The second-order valence-corrected chi connectivity index (χ2v) is 5.99. The van der Waals surface area contributed by atoms with E-state index in [4.69, 9.17) is 4.74 Å². The first-order valence-corrected chi connectivity index (χ1v) is 7.73. The number of thiazole rings is 1. The molecule has 0 fully saturated rings. The van der Waals surface area contributed by atoms with Crippen LogP contribution >= 0.6 is 11.3 Å². The Balaban J connectivity index is 2.10.